The highest BCUT2D eigenvalue weighted by molar-refractivity contribution is 6.42. The summed E-state index contributed by atoms with van der Waals surface area (Å²) in [6.07, 6.45) is 1.74. The molecule has 8 rings (SSSR count). The third-order valence-electron chi connectivity index (χ3n) is 9.48. The van der Waals surface area contributed by atoms with Gasteiger partial charge < -0.3 is 14.4 Å². The van der Waals surface area contributed by atoms with Gasteiger partial charge in [0.2, 0.25) is 0 Å². The van der Waals surface area contributed by atoms with Crippen molar-refractivity contribution in [1.29, 1.82) is 0 Å². The second-order valence-electron chi connectivity index (χ2n) is 12.4. The first-order valence-corrected chi connectivity index (χ1v) is 15.3. The molecule has 5 nitrogen and oxygen atoms in total. The van der Waals surface area contributed by atoms with E-state index in [1.807, 2.05) is 60.7 Å². The zero-order chi connectivity index (χ0) is 31.7. The molecule has 1 aliphatic carbocycles. The number of Topliss-reactive ketones (excluding diaryl/α,β-unsaturated/α-hetero) is 2. The molecule has 6 aromatic rings. The molecule has 0 fully saturated rings. The van der Waals surface area contributed by atoms with Crippen molar-refractivity contribution in [3.63, 3.8) is 0 Å². The molecule has 0 amide bonds. The van der Waals surface area contributed by atoms with E-state index in [9.17, 15) is 9.59 Å². The molecule has 0 radical (unpaired) electrons. The molecule has 6 aromatic carbocycles. The van der Waals surface area contributed by atoms with E-state index in [4.69, 9.17) is 9.47 Å². The SMILES string of the molecule is COc1cc(OC)cc(N2c3ccccc3C(C)(C)c3c2ccc2cc(C=C4C(=O)c5cc6ccccc6cc5C4=O)ccc32)c1. The maximum atomic E-state index is 13.5. The molecule has 224 valence electrons. The first kappa shape index (κ1) is 27.8. The fraction of sp³-hybridized carbons (Fsp3) is 0.122. The van der Waals surface area contributed by atoms with Crippen LogP contribution < -0.4 is 14.4 Å². The number of para-hydroxylation sites is 1. The van der Waals surface area contributed by atoms with Crippen LogP contribution in [0.4, 0.5) is 17.1 Å². The van der Waals surface area contributed by atoms with Gasteiger partial charge in [-0.2, -0.15) is 0 Å². The number of ketones is 2. The molecule has 1 heterocycles. The third kappa shape index (κ3) is 4.08. The zero-order valence-corrected chi connectivity index (χ0v) is 26.0. The second-order valence-corrected chi connectivity index (χ2v) is 12.4. The van der Waals surface area contributed by atoms with Crippen molar-refractivity contribution in [1.82, 2.24) is 0 Å². The number of anilines is 3. The second kappa shape index (κ2) is 10.2. The molecule has 0 unspecified atom stereocenters. The van der Waals surface area contributed by atoms with Gasteiger partial charge in [-0.1, -0.05) is 74.5 Å². The summed E-state index contributed by atoms with van der Waals surface area (Å²) >= 11 is 0. The highest BCUT2D eigenvalue weighted by Gasteiger charge is 2.38. The van der Waals surface area contributed by atoms with Gasteiger partial charge >= 0.3 is 0 Å². The van der Waals surface area contributed by atoms with E-state index in [0.29, 0.717) is 22.6 Å². The molecule has 0 bridgehead atoms. The Hall–Kier alpha value is -5.68. The van der Waals surface area contributed by atoms with Crippen LogP contribution in [0.2, 0.25) is 0 Å². The van der Waals surface area contributed by atoms with Crippen LogP contribution >= 0.6 is 0 Å². The van der Waals surface area contributed by atoms with E-state index >= 15 is 0 Å². The van der Waals surface area contributed by atoms with Crippen LogP contribution in [0.5, 0.6) is 11.5 Å². The fourth-order valence-corrected chi connectivity index (χ4v) is 7.24. The minimum atomic E-state index is -0.314. The van der Waals surface area contributed by atoms with Crippen molar-refractivity contribution in [2.75, 3.05) is 19.1 Å². The maximum absolute atomic E-state index is 13.5. The predicted octanol–water partition coefficient (Wildman–Crippen LogP) is 9.58. The molecule has 0 aromatic heterocycles. The van der Waals surface area contributed by atoms with Crippen molar-refractivity contribution in [3.8, 4) is 11.5 Å². The number of carbonyl (C=O) groups excluding carboxylic acids is 2. The van der Waals surface area contributed by atoms with Gasteiger partial charge in [-0.3, -0.25) is 9.59 Å². The van der Waals surface area contributed by atoms with Crippen LogP contribution in [0, 0.1) is 0 Å². The number of hydrogen-bond donors (Lipinski definition) is 0. The summed E-state index contributed by atoms with van der Waals surface area (Å²) in [6, 6.07) is 36.4. The van der Waals surface area contributed by atoms with Gasteiger partial charge in [0.25, 0.3) is 0 Å². The minimum absolute atomic E-state index is 0.204. The van der Waals surface area contributed by atoms with Gasteiger partial charge in [0.15, 0.2) is 11.6 Å². The average Bonchev–Trinajstić information content (AvgIpc) is 3.30. The van der Waals surface area contributed by atoms with Gasteiger partial charge in [-0.05, 0) is 74.6 Å². The molecule has 46 heavy (non-hydrogen) atoms. The Morgan fingerprint density at radius 2 is 1.26 bits per heavy atom. The maximum Gasteiger partial charge on any atom is 0.197 e. The number of nitrogens with zero attached hydrogens (tertiary/aromatic N) is 1. The van der Waals surface area contributed by atoms with Crippen LogP contribution in [0.15, 0.2) is 115 Å². The van der Waals surface area contributed by atoms with E-state index in [-0.39, 0.29) is 22.6 Å². The summed E-state index contributed by atoms with van der Waals surface area (Å²) in [5.74, 6) is 0.975. The number of rotatable bonds is 4. The van der Waals surface area contributed by atoms with E-state index in [2.05, 4.69) is 67.3 Å². The quantitative estimate of drug-likeness (QED) is 0.149. The van der Waals surface area contributed by atoms with E-state index < -0.39 is 0 Å². The third-order valence-corrected chi connectivity index (χ3v) is 9.48. The Bertz CT molecular complexity index is 2230. The fourth-order valence-electron chi connectivity index (χ4n) is 7.24. The van der Waals surface area contributed by atoms with Crippen molar-refractivity contribution in [2.45, 2.75) is 19.3 Å². The number of hydrogen-bond acceptors (Lipinski definition) is 5. The Labute approximate surface area is 267 Å². The number of benzene rings is 6. The summed E-state index contributed by atoms with van der Waals surface area (Å²) in [6.45, 7) is 4.53. The van der Waals surface area contributed by atoms with E-state index in [1.54, 1.807) is 20.3 Å². The highest BCUT2D eigenvalue weighted by Crippen LogP contribution is 2.54. The number of carbonyl (C=O) groups is 2. The summed E-state index contributed by atoms with van der Waals surface area (Å²) in [4.78, 5) is 29.2. The number of ether oxygens (including phenoxy) is 2. The molecule has 0 saturated heterocycles. The molecule has 2 aliphatic rings. The van der Waals surface area contributed by atoms with Crippen LogP contribution in [-0.4, -0.2) is 25.8 Å². The lowest BCUT2D eigenvalue weighted by Gasteiger charge is -2.42. The van der Waals surface area contributed by atoms with Crippen LogP contribution in [0.1, 0.15) is 51.3 Å². The van der Waals surface area contributed by atoms with E-state index in [0.717, 1.165) is 44.2 Å². The summed E-state index contributed by atoms with van der Waals surface area (Å²) < 4.78 is 11.3. The number of methoxy groups -OCH3 is 2. The lowest BCUT2D eigenvalue weighted by molar-refractivity contribution is 0.0990. The summed E-state index contributed by atoms with van der Waals surface area (Å²) in [5, 5.41) is 4.04. The van der Waals surface area contributed by atoms with Crippen LogP contribution in [-0.2, 0) is 5.41 Å². The van der Waals surface area contributed by atoms with Gasteiger partial charge in [0.05, 0.1) is 36.9 Å². The summed E-state index contributed by atoms with van der Waals surface area (Å²) in [5.41, 5.74) is 7.15. The Morgan fingerprint density at radius 3 is 1.91 bits per heavy atom. The standard InChI is InChI=1S/C41H31NO4/c1-41(2)35-11-7-8-12-36(35)42(28-21-29(45-3)23-30(22-28)46-4)37-16-14-27-17-24(13-15-31(27)38(37)41)18-34-39(43)32-19-25-9-5-6-10-26(25)20-33(32)40(34)44/h5-23H,1-4H3. The Kier molecular flexibility index (Phi) is 6.16. The highest BCUT2D eigenvalue weighted by atomic mass is 16.5. The van der Waals surface area contributed by atoms with Gasteiger partial charge in [-0.15, -0.1) is 0 Å². The van der Waals surface area contributed by atoms with Gasteiger partial charge in [0.1, 0.15) is 11.5 Å². The monoisotopic (exact) mass is 601 g/mol. The molecular formula is C41H31NO4. The first-order valence-electron chi connectivity index (χ1n) is 15.3. The molecule has 0 saturated carbocycles. The van der Waals surface area contributed by atoms with Gasteiger partial charge in [-0.25, -0.2) is 0 Å². The molecule has 0 N–H and O–H groups in total. The molecule has 1 aliphatic heterocycles. The average molecular weight is 602 g/mol. The Balaban J connectivity index is 1.27. The molecular weight excluding hydrogens is 570 g/mol. The normalized spacial score (nSPS) is 14.7. The smallest absolute Gasteiger partial charge is 0.197 e. The van der Waals surface area contributed by atoms with Crippen molar-refractivity contribution < 1.29 is 19.1 Å². The largest absolute Gasteiger partial charge is 0.497 e. The van der Waals surface area contributed by atoms with Crippen molar-refractivity contribution >= 4 is 56.2 Å². The molecule has 5 heteroatoms. The first-order chi connectivity index (χ1) is 22.3. The van der Waals surface area contributed by atoms with Crippen molar-refractivity contribution in [3.05, 3.63) is 143 Å². The number of fused-ring (bicyclic) bond motifs is 6. The lowest BCUT2D eigenvalue weighted by Crippen LogP contribution is -2.30. The molecule has 0 atom stereocenters. The Morgan fingerprint density at radius 1 is 0.630 bits per heavy atom. The van der Waals surface area contributed by atoms with E-state index in [1.165, 1.54) is 11.1 Å². The topological polar surface area (TPSA) is 55.8 Å². The van der Waals surface area contributed by atoms with Gasteiger partial charge in [0, 0.05) is 34.7 Å². The molecule has 0 spiro atoms. The summed E-state index contributed by atoms with van der Waals surface area (Å²) in [7, 11) is 3.32. The number of allylic oxidation sites excluding steroid dienone is 1. The zero-order valence-electron chi connectivity index (χ0n) is 26.0. The van der Waals surface area contributed by atoms with Crippen LogP contribution in [0.25, 0.3) is 27.6 Å². The minimum Gasteiger partial charge on any atom is -0.497 e. The lowest BCUT2D eigenvalue weighted by atomic mass is 9.71. The van der Waals surface area contributed by atoms with Crippen molar-refractivity contribution in [2.24, 2.45) is 0 Å². The van der Waals surface area contributed by atoms with Crippen LogP contribution in [0.3, 0.4) is 0 Å². The predicted molar refractivity (Wildman–Crippen MR) is 184 cm³/mol.